The molecule has 0 radical (unpaired) electrons. The second-order valence-corrected chi connectivity index (χ2v) is 4.10. The second-order valence-electron chi connectivity index (χ2n) is 4.10. The van der Waals surface area contributed by atoms with Crippen LogP contribution in [0.15, 0.2) is 18.2 Å². The van der Waals surface area contributed by atoms with Crippen molar-refractivity contribution in [1.82, 2.24) is 0 Å². The molecule has 0 heterocycles. The molecule has 0 aliphatic rings. The number of aryl methyl sites for hydroxylation is 1. The van der Waals surface area contributed by atoms with Crippen molar-refractivity contribution in [2.24, 2.45) is 0 Å². The molecule has 0 bridgehead atoms. The fourth-order valence-corrected chi connectivity index (χ4v) is 2.00. The van der Waals surface area contributed by atoms with Crippen molar-refractivity contribution in [3.63, 3.8) is 0 Å². The van der Waals surface area contributed by atoms with Gasteiger partial charge in [-0.05, 0) is 12.0 Å². The number of fused-ring (bicyclic) bond motifs is 1. The van der Waals surface area contributed by atoms with Crippen LogP contribution in [0, 0.1) is 17.5 Å². The van der Waals surface area contributed by atoms with E-state index < -0.39 is 29.4 Å². The van der Waals surface area contributed by atoms with Crippen LogP contribution in [0.3, 0.4) is 0 Å². The molecule has 136 valence electrons. The molecule has 0 saturated heterocycles. The van der Waals surface area contributed by atoms with E-state index in [1.807, 2.05) is 27.7 Å². The third-order valence-electron chi connectivity index (χ3n) is 2.81. The highest BCUT2D eigenvalue weighted by atomic mass is 19.2. The Labute approximate surface area is 138 Å². The lowest BCUT2D eigenvalue weighted by Gasteiger charge is -2.18. The molecule has 2 aromatic rings. The zero-order chi connectivity index (χ0) is 19.1. The molecule has 0 fully saturated rings. The summed E-state index contributed by atoms with van der Waals surface area (Å²) in [6.45, 7) is 9.65. The first-order valence-corrected chi connectivity index (χ1v) is 7.67. The van der Waals surface area contributed by atoms with Crippen LogP contribution in [-0.4, -0.2) is 16.4 Å². The fourth-order valence-electron chi connectivity index (χ4n) is 2.00. The number of benzene rings is 2. The monoisotopic (exact) mass is 350 g/mol. The van der Waals surface area contributed by atoms with Gasteiger partial charge < -0.3 is 14.9 Å². The lowest BCUT2D eigenvalue weighted by Crippen LogP contribution is -2.30. The minimum absolute atomic E-state index is 0.253. The van der Waals surface area contributed by atoms with E-state index in [2.05, 4.69) is 4.74 Å². The zero-order valence-corrected chi connectivity index (χ0v) is 14.3. The van der Waals surface area contributed by atoms with Crippen LogP contribution in [0.5, 0.6) is 5.75 Å². The van der Waals surface area contributed by atoms with Crippen molar-refractivity contribution in [1.29, 1.82) is 0 Å². The Hall–Kier alpha value is -1.86. The maximum Gasteiger partial charge on any atom is 0.492 e. The zero-order valence-electron chi connectivity index (χ0n) is 14.3. The average molecular weight is 350 g/mol. The molecular weight excluding hydrogens is 328 g/mol. The van der Waals surface area contributed by atoms with Crippen molar-refractivity contribution in [2.45, 2.75) is 47.3 Å². The van der Waals surface area contributed by atoms with E-state index in [1.54, 1.807) is 6.92 Å². The minimum Gasteiger partial charge on any atom is -0.409 e. The van der Waals surface area contributed by atoms with Crippen LogP contribution in [-0.2, 0) is 6.42 Å². The number of halogens is 4. The van der Waals surface area contributed by atoms with Crippen LogP contribution < -0.4 is 4.74 Å². The fraction of sp³-hybridized carbons (Fsp3) is 0.412. The van der Waals surface area contributed by atoms with E-state index in [1.165, 1.54) is 12.1 Å². The first-order valence-electron chi connectivity index (χ1n) is 7.67. The SMILES string of the molecule is CC.CC.CCc1cccc2c(F)c(F)c(F)c(OC(O)(O)F)c12. The molecule has 2 N–H and O–H groups in total. The summed E-state index contributed by atoms with van der Waals surface area (Å²) < 4.78 is 57.6. The van der Waals surface area contributed by atoms with Crippen LogP contribution in [0.2, 0.25) is 0 Å². The second kappa shape index (κ2) is 9.44. The van der Waals surface area contributed by atoms with Crippen molar-refractivity contribution in [2.75, 3.05) is 0 Å². The van der Waals surface area contributed by atoms with Gasteiger partial charge in [-0.2, -0.15) is 4.39 Å². The van der Waals surface area contributed by atoms with Crippen LogP contribution >= 0.6 is 0 Å². The summed E-state index contributed by atoms with van der Waals surface area (Å²) in [5.74, 6) is -6.27. The van der Waals surface area contributed by atoms with Crippen LogP contribution in [0.4, 0.5) is 17.6 Å². The smallest absolute Gasteiger partial charge is 0.409 e. The average Bonchev–Trinajstić information content (AvgIpc) is 2.58. The maximum absolute atomic E-state index is 13.7. The van der Waals surface area contributed by atoms with E-state index in [-0.39, 0.29) is 17.2 Å². The summed E-state index contributed by atoms with van der Waals surface area (Å²) in [7, 11) is 0. The van der Waals surface area contributed by atoms with Gasteiger partial charge in [0.25, 0.3) is 0 Å². The van der Waals surface area contributed by atoms with Crippen molar-refractivity contribution >= 4 is 10.8 Å². The van der Waals surface area contributed by atoms with Crippen LogP contribution in [0.25, 0.3) is 10.8 Å². The molecule has 24 heavy (non-hydrogen) atoms. The Morgan fingerprint density at radius 2 is 1.50 bits per heavy atom. The van der Waals surface area contributed by atoms with Crippen LogP contribution in [0.1, 0.15) is 40.2 Å². The Balaban J connectivity index is 0.00000123. The number of hydrogen-bond acceptors (Lipinski definition) is 3. The third kappa shape index (κ3) is 4.82. The minimum atomic E-state index is -4.21. The molecule has 0 atom stereocenters. The molecule has 0 unspecified atom stereocenters. The largest absolute Gasteiger partial charge is 0.492 e. The van der Waals surface area contributed by atoms with Crippen molar-refractivity contribution < 1.29 is 32.5 Å². The van der Waals surface area contributed by atoms with E-state index in [4.69, 9.17) is 10.2 Å². The van der Waals surface area contributed by atoms with Crippen molar-refractivity contribution in [3.8, 4) is 5.75 Å². The van der Waals surface area contributed by atoms with Gasteiger partial charge in [0, 0.05) is 10.8 Å². The summed E-state index contributed by atoms with van der Waals surface area (Å²) >= 11 is 0. The number of alkyl halides is 1. The predicted octanol–water partition coefficient (Wildman–Crippen LogP) is 4.82. The Bertz CT molecular complexity index is 667. The topological polar surface area (TPSA) is 49.7 Å². The summed E-state index contributed by atoms with van der Waals surface area (Å²) in [6, 6.07) is 4.03. The Kier molecular flexibility index (Phi) is 8.71. The molecule has 0 aliphatic heterocycles. The first kappa shape index (κ1) is 22.1. The van der Waals surface area contributed by atoms with E-state index >= 15 is 0 Å². The summed E-state index contributed by atoms with van der Waals surface area (Å²) in [5.41, 5.74) is 0.333. The lowest BCUT2D eigenvalue weighted by molar-refractivity contribution is -0.375. The maximum atomic E-state index is 13.7. The number of ether oxygens (including phenoxy) is 1. The molecule has 7 heteroatoms. The van der Waals surface area contributed by atoms with Gasteiger partial charge in [0.2, 0.25) is 5.82 Å². The molecule has 0 amide bonds. The Morgan fingerprint density at radius 3 is 1.96 bits per heavy atom. The highest BCUT2D eigenvalue weighted by Crippen LogP contribution is 2.37. The van der Waals surface area contributed by atoms with Gasteiger partial charge in [0.1, 0.15) is 0 Å². The summed E-state index contributed by atoms with van der Waals surface area (Å²) in [4.78, 5) is 0. The highest BCUT2D eigenvalue weighted by Gasteiger charge is 2.31. The standard InChI is InChI=1S/C13H10F4O3.2C2H6/c1-2-6-4-3-5-7-8(6)12(20-13(17,18)19)11(16)10(15)9(7)14;2*1-2/h3-5,18-19H,2H2,1H3;2*1-2H3. The molecule has 0 aliphatic carbocycles. The van der Waals surface area contributed by atoms with Gasteiger partial charge in [0.15, 0.2) is 17.4 Å². The predicted molar refractivity (Wildman–Crippen MR) is 84.8 cm³/mol. The van der Waals surface area contributed by atoms with Gasteiger partial charge in [-0.3, -0.25) is 0 Å². The molecule has 3 nitrogen and oxygen atoms in total. The van der Waals surface area contributed by atoms with E-state index in [0.29, 0.717) is 5.56 Å². The number of rotatable bonds is 3. The number of aliphatic hydroxyl groups is 2. The molecule has 2 aromatic carbocycles. The van der Waals surface area contributed by atoms with Gasteiger partial charge >= 0.3 is 6.23 Å². The Morgan fingerprint density at radius 1 is 0.958 bits per heavy atom. The third-order valence-corrected chi connectivity index (χ3v) is 2.81. The van der Waals surface area contributed by atoms with Gasteiger partial charge in [-0.25, -0.2) is 8.78 Å². The molecule has 0 saturated carbocycles. The van der Waals surface area contributed by atoms with E-state index in [9.17, 15) is 17.6 Å². The van der Waals surface area contributed by atoms with Crippen molar-refractivity contribution in [3.05, 3.63) is 41.2 Å². The summed E-state index contributed by atoms with van der Waals surface area (Å²) in [5, 5.41) is 16.5. The molecule has 0 spiro atoms. The molecule has 0 aromatic heterocycles. The highest BCUT2D eigenvalue weighted by molar-refractivity contribution is 5.92. The number of hydrogen-bond donors (Lipinski definition) is 2. The normalized spacial score (nSPS) is 10.5. The molecular formula is C17H22F4O3. The van der Waals surface area contributed by atoms with Gasteiger partial charge in [0.05, 0.1) is 0 Å². The lowest BCUT2D eigenvalue weighted by atomic mass is 10.0. The van der Waals surface area contributed by atoms with Gasteiger partial charge in [-0.1, -0.05) is 52.8 Å². The summed E-state index contributed by atoms with van der Waals surface area (Å²) in [6.07, 6.45) is -3.92. The van der Waals surface area contributed by atoms with Gasteiger partial charge in [-0.15, -0.1) is 4.39 Å². The quantitative estimate of drug-likeness (QED) is 0.474. The van der Waals surface area contributed by atoms with E-state index in [0.717, 1.165) is 6.07 Å². The molecule has 2 rings (SSSR count). The first-order chi connectivity index (χ1) is 11.3.